The molecule has 0 fully saturated rings. The first-order valence-electron chi connectivity index (χ1n) is 9.92. The average Bonchev–Trinajstić information content (AvgIpc) is 2.79. The zero-order chi connectivity index (χ0) is 22.9. The van der Waals surface area contributed by atoms with Gasteiger partial charge in [0.25, 0.3) is 15.9 Å². The van der Waals surface area contributed by atoms with Crippen LogP contribution in [-0.2, 0) is 30.9 Å². The summed E-state index contributed by atoms with van der Waals surface area (Å²) in [6.07, 6.45) is 1.66. The highest BCUT2D eigenvalue weighted by molar-refractivity contribution is 7.89. The van der Waals surface area contributed by atoms with Crippen LogP contribution in [0.15, 0.2) is 59.5 Å². The quantitative estimate of drug-likeness (QED) is 0.322. The molecule has 0 aliphatic carbocycles. The van der Waals surface area contributed by atoms with Crippen LogP contribution in [0.1, 0.15) is 31.7 Å². The van der Waals surface area contributed by atoms with Gasteiger partial charge in [0.2, 0.25) is 0 Å². The lowest BCUT2D eigenvalue weighted by atomic mass is 10.0. The highest BCUT2D eigenvalue weighted by Gasteiger charge is 2.33. The van der Waals surface area contributed by atoms with Crippen LogP contribution in [0.5, 0.6) is 5.75 Å². The number of esters is 1. The molecule has 0 saturated carbocycles. The fraction of sp³-hybridized carbons (Fsp3) is 0.364. The molecule has 2 aromatic carbocycles. The van der Waals surface area contributed by atoms with Crippen LogP contribution in [0.3, 0.4) is 0 Å². The van der Waals surface area contributed by atoms with Gasteiger partial charge >= 0.3 is 5.97 Å². The summed E-state index contributed by atoms with van der Waals surface area (Å²) in [5, 5.41) is 0.964. The summed E-state index contributed by atoms with van der Waals surface area (Å²) < 4.78 is 35.8. The van der Waals surface area contributed by atoms with E-state index in [0.717, 1.165) is 11.4 Å². The maximum atomic E-state index is 13.2. The first kappa shape index (κ1) is 24.4. The molecule has 1 unspecified atom stereocenters. The number of carbonyl (C=O) groups is 2. The standard InChI is InChI=1S/C22H28N2O6S/c1-4-5-11-20(22(26)30-3)21(25)24(16-17-9-7-6-8-10-17)23-31(27,28)19-14-12-18(29-2)13-15-19/h6-10,12-15,20,23H,4-5,11,16H2,1-3H3. The lowest BCUT2D eigenvalue weighted by Gasteiger charge is -2.26. The summed E-state index contributed by atoms with van der Waals surface area (Å²) in [4.78, 5) is 27.8. The molecule has 2 rings (SSSR count). The number of ether oxygens (including phenoxy) is 2. The number of benzene rings is 2. The number of methoxy groups -OCH3 is 2. The van der Waals surface area contributed by atoms with Crippen molar-refractivity contribution in [3.05, 3.63) is 60.2 Å². The maximum absolute atomic E-state index is 13.2. The number of hydrogen-bond acceptors (Lipinski definition) is 6. The first-order valence-corrected chi connectivity index (χ1v) is 11.4. The second-order valence-electron chi connectivity index (χ2n) is 6.90. The van der Waals surface area contributed by atoms with Gasteiger partial charge in [-0.1, -0.05) is 50.1 Å². The summed E-state index contributed by atoms with van der Waals surface area (Å²) in [7, 11) is -1.41. The van der Waals surface area contributed by atoms with E-state index in [4.69, 9.17) is 9.47 Å². The van der Waals surface area contributed by atoms with Crippen molar-refractivity contribution in [1.29, 1.82) is 0 Å². The largest absolute Gasteiger partial charge is 0.497 e. The minimum absolute atomic E-state index is 0.0395. The Morgan fingerprint density at radius 3 is 2.23 bits per heavy atom. The number of nitrogens with one attached hydrogen (secondary N) is 1. The Morgan fingerprint density at radius 1 is 1.03 bits per heavy atom. The van der Waals surface area contributed by atoms with Crippen LogP contribution in [0.4, 0.5) is 0 Å². The van der Waals surface area contributed by atoms with E-state index in [2.05, 4.69) is 4.83 Å². The molecule has 0 saturated heterocycles. The van der Waals surface area contributed by atoms with Crippen LogP contribution in [0.2, 0.25) is 0 Å². The summed E-state index contributed by atoms with van der Waals surface area (Å²) in [5.41, 5.74) is 0.701. The van der Waals surface area contributed by atoms with Gasteiger partial charge in [0.1, 0.15) is 11.7 Å². The zero-order valence-electron chi connectivity index (χ0n) is 17.9. The average molecular weight is 449 g/mol. The number of nitrogens with zero attached hydrogens (tertiary/aromatic N) is 1. The Balaban J connectivity index is 2.36. The maximum Gasteiger partial charge on any atom is 0.318 e. The highest BCUT2D eigenvalue weighted by Crippen LogP contribution is 2.19. The third-order valence-corrected chi connectivity index (χ3v) is 6.03. The second kappa shape index (κ2) is 11.5. The van der Waals surface area contributed by atoms with E-state index in [0.29, 0.717) is 17.7 Å². The normalized spacial score (nSPS) is 12.1. The summed E-state index contributed by atoms with van der Waals surface area (Å²) in [6.45, 7) is 1.89. The first-order chi connectivity index (χ1) is 14.8. The molecule has 8 nitrogen and oxygen atoms in total. The number of sulfonamides is 1. The predicted molar refractivity (Wildman–Crippen MR) is 115 cm³/mol. The molecule has 31 heavy (non-hydrogen) atoms. The Labute approximate surface area is 183 Å². The third-order valence-electron chi connectivity index (χ3n) is 4.68. The SMILES string of the molecule is CCCCC(C(=O)OC)C(=O)N(Cc1ccccc1)NS(=O)(=O)c1ccc(OC)cc1. The van der Waals surface area contributed by atoms with E-state index < -0.39 is 27.8 Å². The molecule has 2 aromatic rings. The summed E-state index contributed by atoms with van der Waals surface area (Å²) >= 11 is 0. The van der Waals surface area contributed by atoms with Gasteiger partial charge < -0.3 is 9.47 Å². The van der Waals surface area contributed by atoms with Gasteiger partial charge in [-0.3, -0.25) is 14.6 Å². The van der Waals surface area contributed by atoms with Crippen LogP contribution >= 0.6 is 0 Å². The molecular formula is C22H28N2O6S. The van der Waals surface area contributed by atoms with Crippen molar-refractivity contribution in [3.8, 4) is 5.75 Å². The Morgan fingerprint density at radius 2 is 1.68 bits per heavy atom. The number of amides is 1. The zero-order valence-corrected chi connectivity index (χ0v) is 18.7. The van der Waals surface area contributed by atoms with Gasteiger partial charge in [0.05, 0.1) is 25.7 Å². The molecule has 0 heterocycles. The Kier molecular flexibility index (Phi) is 9.02. The van der Waals surface area contributed by atoms with Gasteiger partial charge in [-0.15, -0.1) is 4.83 Å². The van der Waals surface area contributed by atoms with Gasteiger partial charge in [-0.2, -0.15) is 0 Å². The molecule has 0 aliphatic heterocycles. The van der Waals surface area contributed by atoms with Crippen LogP contribution < -0.4 is 9.57 Å². The molecule has 1 atom stereocenters. The van der Waals surface area contributed by atoms with Crippen molar-refractivity contribution in [2.24, 2.45) is 5.92 Å². The van der Waals surface area contributed by atoms with Crippen molar-refractivity contribution in [1.82, 2.24) is 9.84 Å². The topological polar surface area (TPSA) is 102 Å². The van der Waals surface area contributed by atoms with E-state index in [-0.39, 0.29) is 17.9 Å². The third kappa shape index (κ3) is 6.80. The van der Waals surface area contributed by atoms with Crippen molar-refractivity contribution in [3.63, 3.8) is 0 Å². The number of hydrazine groups is 1. The molecule has 0 spiro atoms. The number of hydrogen-bond donors (Lipinski definition) is 1. The van der Waals surface area contributed by atoms with Gasteiger partial charge in [0, 0.05) is 0 Å². The molecule has 168 valence electrons. The molecule has 1 amide bonds. The Bertz CT molecular complexity index is 961. The smallest absolute Gasteiger partial charge is 0.318 e. The summed E-state index contributed by atoms with van der Waals surface area (Å²) in [6, 6.07) is 14.7. The number of rotatable bonds is 11. The van der Waals surface area contributed by atoms with E-state index in [1.807, 2.05) is 13.0 Å². The molecule has 0 radical (unpaired) electrons. The van der Waals surface area contributed by atoms with E-state index in [9.17, 15) is 18.0 Å². The molecule has 0 bridgehead atoms. The predicted octanol–water partition coefficient (Wildman–Crippen LogP) is 2.90. The molecule has 0 aliphatic rings. The number of carbonyl (C=O) groups excluding carboxylic acids is 2. The van der Waals surface area contributed by atoms with Crippen LogP contribution in [0, 0.1) is 5.92 Å². The van der Waals surface area contributed by atoms with Crippen molar-refractivity contribution in [2.75, 3.05) is 14.2 Å². The minimum Gasteiger partial charge on any atom is -0.497 e. The van der Waals surface area contributed by atoms with Crippen molar-refractivity contribution in [2.45, 2.75) is 37.6 Å². The summed E-state index contributed by atoms with van der Waals surface area (Å²) in [5.74, 6) is -1.96. The Hall–Kier alpha value is -2.91. The molecule has 1 N–H and O–H groups in total. The monoisotopic (exact) mass is 448 g/mol. The molecule has 0 aromatic heterocycles. The van der Waals surface area contributed by atoms with E-state index in [1.54, 1.807) is 24.3 Å². The van der Waals surface area contributed by atoms with Crippen LogP contribution in [-0.4, -0.2) is 39.5 Å². The van der Waals surface area contributed by atoms with Crippen molar-refractivity contribution < 1.29 is 27.5 Å². The van der Waals surface area contributed by atoms with Crippen LogP contribution in [0.25, 0.3) is 0 Å². The number of unbranched alkanes of at least 4 members (excludes halogenated alkanes) is 1. The molecular weight excluding hydrogens is 420 g/mol. The van der Waals surface area contributed by atoms with E-state index in [1.165, 1.54) is 38.5 Å². The molecule has 9 heteroatoms. The fourth-order valence-corrected chi connectivity index (χ4v) is 4.00. The van der Waals surface area contributed by atoms with Crippen molar-refractivity contribution >= 4 is 21.9 Å². The van der Waals surface area contributed by atoms with E-state index >= 15 is 0 Å². The lowest BCUT2D eigenvalue weighted by molar-refractivity contribution is -0.155. The van der Waals surface area contributed by atoms with Gasteiger partial charge in [0.15, 0.2) is 0 Å². The minimum atomic E-state index is -4.09. The van der Waals surface area contributed by atoms with Gasteiger partial charge in [-0.05, 0) is 36.2 Å². The highest BCUT2D eigenvalue weighted by atomic mass is 32.2. The lowest BCUT2D eigenvalue weighted by Crippen LogP contribution is -2.49. The second-order valence-corrected chi connectivity index (χ2v) is 8.56. The van der Waals surface area contributed by atoms with Gasteiger partial charge in [-0.25, -0.2) is 8.42 Å². The fourth-order valence-electron chi connectivity index (χ4n) is 2.95.